The number of amides is 1. The average Bonchev–Trinajstić information content (AvgIpc) is 3.12. The van der Waals surface area contributed by atoms with Crippen molar-refractivity contribution < 1.29 is 13.9 Å². The molecule has 166 valence electrons. The molecule has 1 atom stereocenters. The zero-order valence-corrected chi connectivity index (χ0v) is 19.4. The first-order valence-corrected chi connectivity index (χ1v) is 11.2. The molecule has 7 heteroatoms. The first kappa shape index (κ1) is 21.6. The number of halogens is 2. The summed E-state index contributed by atoms with van der Waals surface area (Å²) in [5, 5.41) is 1.11. The molecule has 1 unspecified atom stereocenters. The van der Waals surface area contributed by atoms with Crippen LogP contribution in [-0.2, 0) is 6.42 Å². The summed E-state index contributed by atoms with van der Waals surface area (Å²) in [5.41, 5.74) is 2.79. The third-order valence-corrected chi connectivity index (χ3v) is 6.48. The quantitative estimate of drug-likeness (QED) is 0.338. The fraction of sp³-hybridized carbons (Fsp3) is 0.154. The first-order valence-electron chi connectivity index (χ1n) is 10.4. The second-order valence-corrected chi connectivity index (χ2v) is 8.65. The molecular formula is C26H19Cl2NO4. The van der Waals surface area contributed by atoms with Crippen LogP contribution in [0.2, 0.25) is 10.0 Å². The van der Waals surface area contributed by atoms with Crippen LogP contribution < -0.4 is 15.1 Å². The highest BCUT2D eigenvalue weighted by Crippen LogP contribution is 2.43. The molecule has 2 heterocycles. The van der Waals surface area contributed by atoms with Crippen molar-refractivity contribution in [2.75, 3.05) is 12.0 Å². The summed E-state index contributed by atoms with van der Waals surface area (Å²) in [7, 11) is 1.52. The predicted octanol–water partition coefficient (Wildman–Crippen LogP) is 6.42. The van der Waals surface area contributed by atoms with Crippen molar-refractivity contribution in [1.29, 1.82) is 0 Å². The third-order valence-electron chi connectivity index (χ3n) is 5.95. The molecule has 5 nitrogen and oxygen atoms in total. The van der Waals surface area contributed by atoms with Crippen molar-refractivity contribution in [2.24, 2.45) is 0 Å². The Bertz CT molecular complexity index is 1460. The summed E-state index contributed by atoms with van der Waals surface area (Å²) in [6, 6.07) is 17.1. The van der Waals surface area contributed by atoms with E-state index in [9.17, 15) is 9.59 Å². The van der Waals surface area contributed by atoms with Crippen LogP contribution in [0.5, 0.6) is 5.75 Å². The number of fused-ring (bicyclic) bond motifs is 2. The standard InChI is InChI=1S/C26H19Cl2NO4/c1-3-14-4-6-15(7-5-14)23-22-24(30)18-12-16(27)8-10-20(18)33-25(22)26(31)29(23)17-9-11-21(32-2)19(28)13-17/h4-13,23H,3H2,1-2H3. The summed E-state index contributed by atoms with van der Waals surface area (Å²) in [6.45, 7) is 2.07. The molecule has 0 bridgehead atoms. The number of methoxy groups -OCH3 is 1. The van der Waals surface area contributed by atoms with E-state index >= 15 is 0 Å². The van der Waals surface area contributed by atoms with Crippen molar-refractivity contribution in [3.8, 4) is 5.75 Å². The van der Waals surface area contributed by atoms with E-state index in [0.717, 1.165) is 17.5 Å². The Morgan fingerprint density at radius 1 is 1.00 bits per heavy atom. The second kappa shape index (κ2) is 8.25. The topological polar surface area (TPSA) is 59.8 Å². The van der Waals surface area contributed by atoms with Gasteiger partial charge in [-0.15, -0.1) is 0 Å². The van der Waals surface area contributed by atoms with Gasteiger partial charge in [0, 0.05) is 10.7 Å². The smallest absolute Gasteiger partial charge is 0.295 e. The van der Waals surface area contributed by atoms with Gasteiger partial charge in [-0.2, -0.15) is 0 Å². The number of anilines is 1. The highest BCUT2D eigenvalue weighted by atomic mass is 35.5. The van der Waals surface area contributed by atoms with E-state index < -0.39 is 11.9 Å². The van der Waals surface area contributed by atoms with Gasteiger partial charge in [0.15, 0.2) is 5.43 Å². The Morgan fingerprint density at radius 3 is 2.42 bits per heavy atom. The van der Waals surface area contributed by atoms with Gasteiger partial charge >= 0.3 is 0 Å². The number of hydrogen-bond acceptors (Lipinski definition) is 4. The molecule has 0 radical (unpaired) electrons. The van der Waals surface area contributed by atoms with Crippen molar-refractivity contribution in [3.05, 3.63) is 103 Å². The second-order valence-electron chi connectivity index (χ2n) is 7.81. The maximum atomic E-state index is 13.6. The Kier molecular flexibility index (Phi) is 5.39. The zero-order valence-electron chi connectivity index (χ0n) is 17.9. The molecule has 0 N–H and O–H groups in total. The molecule has 4 aromatic rings. The van der Waals surface area contributed by atoms with E-state index in [4.69, 9.17) is 32.4 Å². The Morgan fingerprint density at radius 2 is 1.76 bits per heavy atom. The number of rotatable bonds is 4. The molecule has 0 fully saturated rings. The Balaban J connectivity index is 1.78. The number of aryl methyl sites for hydroxylation is 1. The highest BCUT2D eigenvalue weighted by Gasteiger charge is 2.43. The lowest BCUT2D eigenvalue weighted by Crippen LogP contribution is -2.29. The summed E-state index contributed by atoms with van der Waals surface area (Å²) in [5.74, 6) is 0.0964. The number of carbonyl (C=O) groups is 1. The zero-order chi connectivity index (χ0) is 23.3. The number of carbonyl (C=O) groups excluding carboxylic acids is 1. The predicted molar refractivity (Wildman–Crippen MR) is 130 cm³/mol. The number of hydrogen-bond donors (Lipinski definition) is 0. The van der Waals surface area contributed by atoms with Crippen molar-refractivity contribution >= 4 is 45.8 Å². The van der Waals surface area contributed by atoms with E-state index in [-0.39, 0.29) is 16.8 Å². The maximum Gasteiger partial charge on any atom is 0.295 e. The Labute approximate surface area is 200 Å². The van der Waals surface area contributed by atoms with Crippen LogP contribution >= 0.6 is 23.2 Å². The average molecular weight is 480 g/mol. The third kappa shape index (κ3) is 3.48. The summed E-state index contributed by atoms with van der Waals surface area (Å²) in [4.78, 5) is 28.8. The minimum absolute atomic E-state index is 0.0198. The lowest BCUT2D eigenvalue weighted by Gasteiger charge is -2.26. The van der Waals surface area contributed by atoms with E-state index in [0.29, 0.717) is 32.5 Å². The number of ether oxygens (including phenoxy) is 1. The summed E-state index contributed by atoms with van der Waals surface area (Å²) < 4.78 is 11.2. The van der Waals surface area contributed by atoms with Crippen molar-refractivity contribution in [1.82, 2.24) is 0 Å². The molecular weight excluding hydrogens is 461 g/mol. The minimum Gasteiger partial charge on any atom is -0.495 e. The van der Waals surface area contributed by atoms with E-state index in [2.05, 4.69) is 6.92 Å². The van der Waals surface area contributed by atoms with Gasteiger partial charge in [-0.3, -0.25) is 14.5 Å². The van der Waals surface area contributed by atoms with Gasteiger partial charge in [0.1, 0.15) is 11.3 Å². The molecule has 1 aromatic heterocycles. The minimum atomic E-state index is -0.678. The Hall–Kier alpha value is -3.28. The number of nitrogens with zero attached hydrogens (tertiary/aromatic N) is 1. The van der Waals surface area contributed by atoms with Crippen LogP contribution in [0.4, 0.5) is 5.69 Å². The van der Waals surface area contributed by atoms with Crippen LogP contribution in [0.25, 0.3) is 11.0 Å². The molecule has 1 aliphatic rings. The molecule has 1 aliphatic heterocycles. The SMILES string of the molecule is CCc1ccc(C2c3c(oc4ccc(Cl)cc4c3=O)C(=O)N2c2ccc(OC)c(Cl)c2)cc1. The fourth-order valence-electron chi connectivity index (χ4n) is 4.27. The van der Waals surface area contributed by atoms with Crippen LogP contribution in [-0.4, -0.2) is 13.0 Å². The summed E-state index contributed by atoms with van der Waals surface area (Å²) in [6.07, 6.45) is 0.879. The van der Waals surface area contributed by atoms with Crippen molar-refractivity contribution in [2.45, 2.75) is 19.4 Å². The lowest BCUT2D eigenvalue weighted by molar-refractivity contribution is 0.0971. The van der Waals surface area contributed by atoms with Gasteiger partial charge in [-0.1, -0.05) is 54.4 Å². The van der Waals surface area contributed by atoms with Gasteiger partial charge in [0.25, 0.3) is 5.91 Å². The molecule has 33 heavy (non-hydrogen) atoms. The highest BCUT2D eigenvalue weighted by molar-refractivity contribution is 6.32. The largest absolute Gasteiger partial charge is 0.495 e. The fourth-order valence-corrected chi connectivity index (χ4v) is 4.69. The monoisotopic (exact) mass is 479 g/mol. The van der Waals surface area contributed by atoms with Crippen LogP contribution in [0, 0.1) is 0 Å². The first-order chi connectivity index (χ1) is 15.9. The normalized spacial score (nSPS) is 15.2. The molecule has 0 saturated carbocycles. The number of benzene rings is 3. The van der Waals surface area contributed by atoms with Crippen LogP contribution in [0.3, 0.4) is 0 Å². The van der Waals surface area contributed by atoms with Gasteiger partial charge < -0.3 is 9.15 Å². The van der Waals surface area contributed by atoms with E-state index in [1.54, 1.807) is 41.3 Å². The van der Waals surface area contributed by atoms with Gasteiger partial charge in [0.2, 0.25) is 5.76 Å². The molecule has 3 aromatic carbocycles. The molecule has 0 aliphatic carbocycles. The van der Waals surface area contributed by atoms with Crippen LogP contribution in [0.15, 0.2) is 69.9 Å². The van der Waals surface area contributed by atoms with Gasteiger partial charge in [-0.05, 0) is 53.9 Å². The molecule has 5 rings (SSSR count). The van der Waals surface area contributed by atoms with Gasteiger partial charge in [-0.25, -0.2) is 0 Å². The molecule has 0 saturated heterocycles. The van der Waals surface area contributed by atoms with Gasteiger partial charge in [0.05, 0.1) is 29.1 Å². The maximum absolute atomic E-state index is 13.6. The van der Waals surface area contributed by atoms with E-state index in [1.807, 2.05) is 24.3 Å². The van der Waals surface area contributed by atoms with Crippen molar-refractivity contribution in [3.63, 3.8) is 0 Å². The summed E-state index contributed by atoms with van der Waals surface area (Å²) >= 11 is 12.5. The molecule has 0 spiro atoms. The van der Waals surface area contributed by atoms with E-state index in [1.165, 1.54) is 7.11 Å². The molecule has 1 amide bonds. The lowest BCUT2D eigenvalue weighted by atomic mass is 9.97. The van der Waals surface area contributed by atoms with Crippen LogP contribution in [0.1, 0.15) is 40.2 Å².